The van der Waals surface area contributed by atoms with E-state index in [4.69, 9.17) is 0 Å². The first-order valence-electron chi connectivity index (χ1n) is 6.23. The van der Waals surface area contributed by atoms with Crippen molar-refractivity contribution in [3.8, 4) is 0 Å². The number of benzene rings is 1. The highest BCUT2D eigenvalue weighted by Gasteiger charge is 2.26. The summed E-state index contributed by atoms with van der Waals surface area (Å²) in [5.74, 6) is 0.898. The number of imidazole rings is 1. The Balaban J connectivity index is 2.07. The van der Waals surface area contributed by atoms with E-state index in [0.717, 1.165) is 23.3 Å². The molecular weight excluding hydrogens is 255 g/mol. The number of rotatable bonds is 5. The van der Waals surface area contributed by atoms with E-state index in [-0.39, 0.29) is 6.54 Å². The Kier molecular flexibility index (Phi) is 4.09. The Morgan fingerprint density at radius 2 is 2.00 bits per heavy atom. The van der Waals surface area contributed by atoms with Gasteiger partial charge in [0.05, 0.1) is 17.6 Å². The zero-order chi connectivity index (χ0) is 13.9. The molecule has 19 heavy (non-hydrogen) atoms. The van der Waals surface area contributed by atoms with Crippen molar-refractivity contribution in [2.45, 2.75) is 26.1 Å². The molecule has 0 aliphatic heterocycles. The monoisotopic (exact) mass is 271 g/mol. The molecule has 1 heterocycles. The average molecular weight is 271 g/mol. The molecule has 2 aromatic rings. The topological polar surface area (TPSA) is 29.9 Å². The molecule has 0 aliphatic rings. The lowest BCUT2D eigenvalue weighted by molar-refractivity contribution is -0.124. The first kappa shape index (κ1) is 13.9. The SMILES string of the molecule is CCc1nc2ccccc2n1CCNCC(F)(F)F. The van der Waals surface area contributed by atoms with Gasteiger partial charge in [0, 0.05) is 19.5 Å². The minimum atomic E-state index is -4.16. The Morgan fingerprint density at radius 3 is 2.68 bits per heavy atom. The molecule has 3 nitrogen and oxygen atoms in total. The molecule has 0 aliphatic carbocycles. The van der Waals surface area contributed by atoms with Crippen molar-refractivity contribution < 1.29 is 13.2 Å². The lowest BCUT2D eigenvalue weighted by Gasteiger charge is -2.11. The van der Waals surface area contributed by atoms with Gasteiger partial charge < -0.3 is 9.88 Å². The van der Waals surface area contributed by atoms with Crippen LogP contribution in [-0.2, 0) is 13.0 Å². The van der Waals surface area contributed by atoms with E-state index in [9.17, 15) is 13.2 Å². The fourth-order valence-electron chi connectivity index (χ4n) is 2.07. The molecule has 1 N–H and O–H groups in total. The lowest BCUT2D eigenvalue weighted by Crippen LogP contribution is -2.31. The Morgan fingerprint density at radius 1 is 1.26 bits per heavy atom. The van der Waals surface area contributed by atoms with Crippen LogP contribution in [0.5, 0.6) is 0 Å². The van der Waals surface area contributed by atoms with Crippen LogP contribution in [0.4, 0.5) is 13.2 Å². The van der Waals surface area contributed by atoms with E-state index in [2.05, 4.69) is 10.3 Å². The zero-order valence-electron chi connectivity index (χ0n) is 10.7. The van der Waals surface area contributed by atoms with E-state index >= 15 is 0 Å². The summed E-state index contributed by atoms with van der Waals surface area (Å²) < 4.78 is 38.1. The summed E-state index contributed by atoms with van der Waals surface area (Å²) >= 11 is 0. The molecule has 0 saturated heterocycles. The van der Waals surface area contributed by atoms with Gasteiger partial charge in [-0.15, -0.1) is 0 Å². The second kappa shape index (κ2) is 5.61. The third kappa shape index (κ3) is 3.47. The number of fused-ring (bicyclic) bond motifs is 1. The van der Waals surface area contributed by atoms with Crippen LogP contribution in [0.2, 0.25) is 0 Å². The van der Waals surface area contributed by atoms with Gasteiger partial charge in [0.25, 0.3) is 0 Å². The first-order chi connectivity index (χ1) is 9.01. The fraction of sp³-hybridized carbons (Fsp3) is 0.462. The normalized spacial score (nSPS) is 12.2. The maximum Gasteiger partial charge on any atom is 0.401 e. The fourth-order valence-corrected chi connectivity index (χ4v) is 2.07. The second-order valence-corrected chi connectivity index (χ2v) is 4.31. The molecule has 104 valence electrons. The minimum Gasteiger partial charge on any atom is -0.327 e. The van der Waals surface area contributed by atoms with Crippen molar-refractivity contribution in [1.82, 2.24) is 14.9 Å². The first-order valence-corrected chi connectivity index (χ1v) is 6.23. The van der Waals surface area contributed by atoms with Gasteiger partial charge in [0.2, 0.25) is 0 Å². The summed E-state index contributed by atoms with van der Waals surface area (Å²) in [6.07, 6.45) is -3.40. The maximum atomic E-state index is 12.0. The number of nitrogens with zero attached hydrogens (tertiary/aromatic N) is 2. The summed E-state index contributed by atoms with van der Waals surface area (Å²) in [7, 11) is 0. The molecule has 2 rings (SSSR count). The van der Waals surface area contributed by atoms with Crippen molar-refractivity contribution in [2.24, 2.45) is 0 Å². The molecule has 0 saturated carbocycles. The Labute approximate surface area is 109 Å². The molecule has 6 heteroatoms. The summed E-state index contributed by atoms with van der Waals surface area (Å²) in [5, 5.41) is 2.41. The molecule has 1 aromatic heterocycles. The Hall–Kier alpha value is -1.56. The minimum absolute atomic E-state index is 0.271. The van der Waals surface area contributed by atoms with Gasteiger partial charge in [-0.25, -0.2) is 4.98 Å². The predicted octanol–water partition coefficient (Wildman–Crippen LogP) is 2.75. The number of nitrogens with one attached hydrogen (secondary N) is 1. The van der Waals surface area contributed by atoms with Crippen LogP contribution in [0.3, 0.4) is 0 Å². The van der Waals surface area contributed by atoms with Crippen LogP contribution in [0.1, 0.15) is 12.7 Å². The number of hydrogen-bond donors (Lipinski definition) is 1. The smallest absolute Gasteiger partial charge is 0.327 e. The van der Waals surface area contributed by atoms with Crippen LogP contribution in [0.15, 0.2) is 24.3 Å². The van der Waals surface area contributed by atoms with Crippen LogP contribution in [0, 0.1) is 0 Å². The highest BCUT2D eigenvalue weighted by atomic mass is 19.4. The number of aryl methyl sites for hydroxylation is 1. The van der Waals surface area contributed by atoms with E-state index in [1.54, 1.807) is 0 Å². The predicted molar refractivity (Wildman–Crippen MR) is 68.0 cm³/mol. The van der Waals surface area contributed by atoms with Crippen LogP contribution < -0.4 is 5.32 Å². The second-order valence-electron chi connectivity index (χ2n) is 4.31. The van der Waals surface area contributed by atoms with Crippen LogP contribution in [0.25, 0.3) is 11.0 Å². The van der Waals surface area contributed by atoms with Gasteiger partial charge >= 0.3 is 6.18 Å². The number of aromatic nitrogens is 2. The van der Waals surface area contributed by atoms with Crippen molar-refractivity contribution >= 4 is 11.0 Å². The number of para-hydroxylation sites is 2. The van der Waals surface area contributed by atoms with Gasteiger partial charge in [0.15, 0.2) is 0 Å². The summed E-state index contributed by atoms with van der Waals surface area (Å²) in [5.41, 5.74) is 1.85. The third-order valence-electron chi connectivity index (χ3n) is 2.89. The average Bonchev–Trinajstić information content (AvgIpc) is 2.71. The van der Waals surface area contributed by atoms with Gasteiger partial charge in [0.1, 0.15) is 5.82 Å². The zero-order valence-corrected chi connectivity index (χ0v) is 10.7. The molecule has 0 amide bonds. The molecule has 0 atom stereocenters. The maximum absolute atomic E-state index is 12.0. The molecule has 0 bridgehead atoms. The lowest BCUT2D eigenvalue weighted by atomic mass is 10.3. The van der Waals surface area contributed by atoms with Gasteiger partial charge in [-0.2, -0.15) is 13.2 Å². The highest BCUT2D eigenvalue weighted by Crippen LogP contribution is 2.16. The quantitative estimate of drug-likeness (QED) is 0.847. The van der Waals surface area contributed by atoms with Gasteiger partial charge in [-0.1, -0.05) is 19.1 Å². The van der Waals surface area contributed by atoms with Gasteiger partial charge in [-0.05, 0) is 12.1 Å². The van der Waals surface area contributed by atoms with Crippen molar-refractivity contribution in [1.29, 1.82) is 0 Å². The molecule has 0 fully saturated rings. The number of alkyl halides is 3. The van der Waals surface area contributed by atoms with Crippen molar-refractivity contribution in [3.63, 3.8) is 0 Å². The van der Waals surface area contributed by atoms with E-state index < -0.39 is 12.7 Å². The van der Waals surface area contributed by atoms with Gasteiger partial charge in [-0.3, -0.25) is 0 Å². The molecular formula is C13H16F3N3. The number of hydrogen-bond acceptors (Lipinski definition) is 2. The molecule has 0 unspecified atom stereocenters. The summed E-state index contributed by atoms with van der Waals surface area (Å²) in [4.78, 5) is 4.47. The number of halogens is 3. The molecule has 0 radical (unpaired) electrons. The van der Waals surface area contributed by atoms with E-state index in [0.29, 0.717) is 6.54 Å². The van der Waals surface area contributed by atoms with Crippen LogP contribution in [-0.4, -0.2) is 28.8 Å². The summed E-state index contributed by atoms with van der Waals surface area (Å²) in [6, 6.07) is 7.66. The van der Waals surface area contributed by atoms with E-state index in [1.807, 2.05) is 35.8 Å². The molecule has 0 spiro atoms. The standard InChI is InChI=1S/C13H16F3N3/c1-2-12-18-10-5-3-4-6-11(10)19(12)8-7-17-9-13(14,15)16/h3-6,17H,2,7-9H2,1H3. The highest BCUT2D eigenvalue weighted by molar-refractivity contribution is 5.75. The summed E-state index contributed by atoms with van der Waals surface area (Å²) in [6.45, 7) is 1.79. The largest absolute Gasteiger partial charge is 0.401 e. The van der Waals surface area contributed by atoms with Crippen LogP contribution >= 0.6 is 0 Å². The van der Waals surface area contributed by atoms with Crippen molar-refractivity contribution in [2.75, 3.05) is 13.1 Å². The Bertz CT molecular complexity index is 546. The van der Waals surface area contributed by atoms with E-state index in [1.165, 1.54) is 0 Å². The third-order valence-corrected chi connectivity index (χ3v) is 2.89. The molecule has 1 aromatic carbocycles. The van der Waals surface area contributed by atoms with Crippen molar-refractivity contribution in [3.05, 3.63) is 30.1 Å².